The summed E-state index contributed by atoms with van der Waals surface area (Å²) in [4.78, 5) is 27.4. The van der Waals surface area contributed by atoms with Gasteiger partial charge in [0.25, 0.3) is 0 Å². The molecule has 4 atom stereocenters. The fraction of sp³-hybridized carbons (Fsp3) is 0.636. The smallest absolute Gasteiger partial charge is 0.319 e. The highest BCUT2D eigenvalue weighted by atomic mass is 16.2. The summed E-state index contributed by atoms with van der Waals surface area (Å²) in [6, 6.07) is 7.89. The van der Waals surface area contributed by atoms with Crippen LogP contribution in [0.5, 0.6) is 0 Å². The molecular weight excluding hydrogens is 338 g/mol. The number of amides is 3. The number of hydrogen-bond donors (Lipinski definition) is 2. The number of aryl methyl sites for hydroxylation is 1. The van der Waals surface area contributed by atoms with Gasteiger partial charge in [-0.2, -0.15) is 0 Å². The third-order valence-corrected chi connectivity index (χ3v) is 7.29. The lowest BCUT2D eigenvalue weighted by molar-refractivity contribution is -0.138. The van der Waals surface area contributed by atoms with E-state index in [4.69, 9.17) is 0 Å². The SMILES string of the molecule is Cc1ccccc1NC(=O)N[C@H]1CC[C@@]23CCCN2C(=O)CCC[C@H]3[C@H]1C. The van der Waals surface area contributed by atoms with Crippen LogP contribution in [0.25, 0.3) is 0 Å². The maximum atomic E-state index is 12.6. The topological polar surface area (TPSA) is 61.4 Å². The average molecular weight is 370 g/mol. The molecule has 1 saturated carbocycles. The molecule has 3 amide bonds. The molecule has 2 saturated heterocycles. The van der Waals surface area contributed by atoms with E-state index in [1.165, 1.54) is 0 Å². The predicted molar refractivity (Wildman–Crippen MR) is 107 cm³/mol. The van der Waals surface area contributed by atoms with E-state index in [1.807, 2.05) is 31.2 Å². The zero-order chi connectivity index (χ0) is 19.0. The van der Waals surface area contributed by atoms with Gasteiger partial charge >= 0.3 is 6.03 Å². The van der Waals surface area contributed by atoms with E-state index >= 15 is 0 Å². The van der Waals surface area contributed by atoms with E-state index in [0.29, 0.717) is 24.2 Å². The lowest BCUT2D eigenvalue weighted by Gasteiger charge is -2.52. The van der Waals surface area contributed by atoms with Gasteiger partial charge in [0.15, 0.2) is 0 Å². The lowest BCUT2D eigenvalue weighted by atomic mass is 9.63. The Balaban J connectivity index is 1.46. The van der Waals surface area contributed by atoms with Crippen molar-refractivity contribution in [1.29, 1.82) is 0 Å². The first-order chi connectivity index (χ1) is 13.0. The van der Waals surface area contributed by atoms with Crippen LogP contribution in [0.2, 0.25) is 0 Å². The summed E-state index contributed by atoms with van der Waals surface area (Å²) in [6.45, 7) is 5.20. The lowest BCUT2D eigenvalue weighted by Crippen LogP contribution is -2.60. The zero-order valence-electron chi connectivity index (χ0n) is 16.5. The third kappa shape index (κ3) is 3.21. The first-order valence-electron chi connectivity index (χ1n) is 10.4. The van der Waals surface area contributed by atoms with Crippen molar-refractivity contribution < 1.29 is 9.59 Å². The molecule has 1 aromatic carbocycles. The van der Waals surface area contributed by atoms with Crippen LogP contribution in [0.3, 0.4) is 0 Å². The minimum Gasteiger partial charge on any atom is -0.337 e. The maximum absolute atomic E-state index is 12.6. The Morgan fingerprint density at radius 2 is 2.00 bits per heavy atom. The van der Waals surface area contributed by atoms with Crippen LogP contribution in [-0.4, -0.2) is 35.0 Å². The van der Waals surface area contributed by atoms with E-state index in [1.54, 1.807) is 0 Å². The number of para-hydroxylation sites is 1. The van der Waals surface area contributed by atoms with Crippen molar-refractivity contribution >= 4 is 17.6 Å². The second-order valence-electron chi connectivity index (χ2n) is 8.67. The number of nitrogens with zero attached hydrogens (tertiary/aromatic N) is 1. The number of carbonyl (C=O) groups is 2. The molecule has 0 unspecified atom stereocenters. The average Bonchev–Trinajstić information content (AvgIpc) is 3.01. The first kappa shape index (κ1) is 18.3. The van der Waals surface area contributed by atoms with Gasteiger partial charge in [0.2, 0.25) is 5.91 Å². The van der Waals surface area contributed by atoms with Crippen LogP contribution in [0, 0.1) is 18.8 Å². The number of carbonyl (C=O) groups excluding carboxylic acids is 2. The molecule has 1 aromatic rings. The normalized spacial score (nSPS) is 33.0. The number of anilines is 1. The van der Waals surface area contributed by atoms with Gasteiger partial charge < -0.3 is 15.5 Å². The number of rotatable bonds is 2. The fourth-order valence-corrected chi connectivity index (χ4v) is 5.93. The molecule has 1 aliphatic carbocycles. The van der Waals surface area contributed by atoms with Gasteiger partial charge in [-0.3, -0.25) is 4.79 Å². The van der Waals surface area contributed by atoms with Crippen LogP contribution >= 0.6 is 0 Å². The molecule has 3 aliphatic rings. The van der Waals surface area contributed by atoms with Crippen molar-refractivity contribution in [2.45, 2.75) is 70.4 Å². The Hall–Kier alpha value is -2.04. The monoisotopic (exact) mass is 369 g/mol. The first-order valence-corrected chi connectivity index (χ1v) is 10.4. The Morgan fingerprint density at radius 1 is 1.19 bits per heavy atom. The van der Waals surface area contributed by atoms with E-state index in [-0.39, 0.29) is 17.6 Å². The van der Waals surface area contributed by atoms with Crippen molar-refractivity contribution in [3.05, 3.63) is 29.8 Å². The van der Waals surface area contributed by atoms with Crippen LogP contribution in [0.1, 0.15) is 57.4 Å². The highest BCUT2D eigenvalue weighted by molar-refractivity contribution is 5.90. The summed E-state index contributed by atoms with van der Waals surface area (Å²) in [5.74, 6) is 1.22. The van der Waals surface area contributed by atoms with Gasteiger partial charge in [-0.25, -0.2) is 4.79 Å². The zero-order valence-corrected chi connectivity index (χ0v) is 16.5. The van der Waals surface area contributed by atoms with Gasteiger partial charge in [-0.1, -0.05) is 25.1 Å². The van der Waals surface area contributed by atoms with Gasteiger partial charge in [0, 0.05) is 30.2 Å². The van der Waals surface area contributed by atoms with Crippen molar-refractivity contribution in [3.8, 4) is 0 Å². The van der Waals surface area contributed by atoms with Crippen LogP contribution in [-0.2, 0) is 4.79 Å². The van der Waals surface area contributed by atoms with E-state index < -0.39 is 0 Å². The van der Waals surface area contributed by atoms with E-state index in [2.05, 4.69) is 22.5 Å². The molecule has 0 aromatic heterocycles. The number of nitrogens with one attached hydrogen (secondary N) is 2. The molecule has 0 radical (unpaired) electrons. The molecule has 146 valence electrons. The second-order valence-corrected chi connectivity index (χ2v) is 8.67. The van der Waals surface area contributed by atoms with Crippen LogP contribution < -0.4 is 10.6 Å². The number of urea groups is 1. The molecular formula is C22H31N3O2. The quantitative estimate of drug-likeness (QED) is 0.825. The molecule has 3 fully saturated rings. The second kappa shape index (κ2) is 7.17. The van der Waals surface area contributed by atoms with Crippen LogP contribution in [0.4, 0.5) is 10.5 Å². The minimum atomic E-state index is -0.120. The molecule has 4 rings (SSSR count). The Bertz CT molecular complexity index is 734. The summed E-state index contributed by atoms with van der Waals surface area (Å²) in [6.07, 6.45) is 6.99. The highest BCUT2D eigenvalue weighted by Gasteiger charge is 2.55. The molecule has 0 bridgehead atoms. The summed E-state index contributed by atoms with van der Waals surface area (Å²) < 4.78 is 0. The summed E-state index contributed by atoms with van der Waals surface area (Å²) in [5.41, 5.74) is 1.97. The predicted octanol–water partition coefficient (Wildman–Crippen LogP) is 4.08. The third-order valence-electron chi connectivity index (χ3n) is 7.29. The molecule has 2 aliphatic heterocycles. The van der Waals surface area contributed by atoms with Crippen molar-refractivity contribution in [3.63, 3.8) is 0 Å². The Kier molecular flexibility index (Phi) is 4.87. The standard InChI is InChI=1S/C22H31N3O2/c1-15-7-3-4-9-18(15)23-21(27)24-19-11-13-22-12-6-14-25(22)20(26)10-5-8-17(22)16(19)2/h3-4,7,9,16-17,19H,5-6,8,10-14H2,1-2H3,(H2,23,24,27)/t16-,17+,19+,22-/m1/s1. The molecule has 1 spiro atoms. The molecule has 5 nitrogen and oxygen atoms in total. The summed E-state index contributed by atoms with van der Waals surface area (Å²) in [5, 5.41) is 6.23. The Labute approximate surface area is 161 Å². The van der Waals surface area contributed by atoms with Crippen molar-refractivity contribution in [2.75, 3.05) is 11.9 Å². The summed E-state index contributed by atoms with van der Waals surface area (Å²) >= 11 is 0. The van der Waals surface area contributed by atoms with Crippen molar-refractivity contribution in [1.82, 2.24) is 10.2 Å². The molecule has 27 heavy (non-hydrogen) atoms. The van der Waals surface area contributed by atoms with E-state index in [0.717, 1.165) is 56.3 Å². The summed E-state index contributed by atoms with van der Waals surface area (Å²) in [7, 11) is 0. The maximum Gasteiger partial charge on any atom is 0.319 e. The van der Waals surface area contributed by atoms with Gasteiger partial charge in [-0.15, -0.1) is 0 Å². The van der Waals surface area contributed by atoms with Crippen LogP contribution in [0.15, 0.2) is 24.3 Å². The van der Waals surface area contributed by atoms with Gasteiger partial charge in [0.1, 0.15) is 0 Å². The minimum absolute atomic E-state index is 0.0532. The van der Waals surface area contributed by atoms with Gasteiger partial charge in [0.05, 0.1) is 0 Å². The van der Waals surface area contributed by atoms with E-state index in [9.17, 15) is 9.59 Å². The molecule has 2 heterocycles. The molecule has 2 N–H and O–H groups in total. The number of hydrogen-bond acceptors (Lipinski definition) is 2. The largest absolute Gasteiger partial charge is 0.337 e. The van der Waals surface area contributed by atoms with Gasteiger partial charge in [-0.05, 0) is 68.9 Å². The highest BCUT2D eigenvalue weighted by Crippen LogP contribution is 2.51. The van der Waals surface area contributed by atoms with Crippen molar-refractivity contribution in [2.24, 2.45) is 11.8 Å². The fourth-order valence-electron chi connectivity index (χ4n) is 5.93. The molecule has 5 heteroatoms. The Morgan fingerprint density at radius 3 is 2.81 bits per heavy atom. The number of benzene rings is 1.